The van der Waals surface area contributed by atoms with Crippen molar-refractivity contribution in [2.75, 3.05) is 47.5 Å². The number of rotatable bonds is 37. The number of carboxylic acids is 1. The zero-order chi connectivity index (χ0) is 40.7. The average Bonchev–Trinajstić information content (AvgIpc) is 3.14. The van der Waals surface area contributed by atoms with Crippen LogP contribution in [-0.2, 0) is 33.3 Å². The van der Waals surface area contributed by atoms with E-state index in [4.69, 9.17) is 18.9 Å². The summed E-state index contributed by atoms with van der Waals surface area (Å²) in [4.78, 5) is 36.9. The lowest BCUT2D eigenvalue weighted by Crippen LogP contribution is -2.44. The van der Waals surface area contributed by atoms with Crippen molar-refractivity contribution in [2.24, 2.45) is 0 Å². The number of carbonyl (C=O) groups is 3. The van der Waals surface area contributed by atoms with Gasteiger partial charge in [-0.25, -0.2) is 0 Å². The van der Waals surface area contributed by atoms with E-state index >= 15 is 0 Å². The van der Waals surface area contributed by atoms with Gasteiger partial charge in [0.2, 0.25) is 0 Å². The number of unbranched alkanes of at least 4 members (excludes halogenated alkanes) is 10. The molecular weight excluding hydrogens is 695 g/mol. The number of carbonyl (C=O) groups excluding carboxylic acids is 3. The van der Waals surface area contributed by atoms with E-state index in [1.165, 1.54) is 32.1 Å². The van der Waals surface area contributed by atoms with E-state index in [0.717, 1.165) is 70.6 Å². The van der Waals surface area contributed by atoms with E-state index in [1.807, 2.05) is 27.2 Å². The molecule has 0 aliphatic carbocycles. The SMILES string of the molecule is CC/C=C\C/C=C\C/C=C\C/C=C\C/C=C\CCCC(=O)OC(COC(=O)CCCCCCC/C=C\CCCCCC)COC(OCC[N+](C)(C)C)C(=O)[O-]. The smallest absolute Gasteiger partial charge is 0.306 e. The molecule has 0 aliphatic rings. The minimum Gasteiger partial charge on any atom is -0.545 e. The van der Waals surface area contributed by atoms with E-state index in [0.29, 0.717) is 23.9 Å². The van der Waals surface area contributed by atoms with Crippen LogP contribution < -0.4 is 5.11 Å². The summed E-state index contributed by atoms with van der Waals surface area (Å²) in [7, 11) is 5.87. The van der Waals surface area contributed by atoms with Crippen LogP contribution >= 0.6 is 0 Å². The molecule has 0 aromatic heterocycles. The van der Waals surface area contributed by atoms with Gasteiger partial charge >= 0.3 is 11.9 Å². The molecule has 0 aliphatic heterocycles. The molecule has 2 unspecified atom stereocenters. The van der Waals surface area contributed by atoms with Crippen molar-refractivity contribution in [3.05, 3.63) is 72.9 Å². The second kappa shape index (κ2) is 37.6. The minimum atomic E-state index is -1.64. The fraction of sp³-hybridized carbons (Fsp3) is 0.674. The van der Waals surface area contributed by atoms with Crippen LogP contribution in [0.4, 0.5) is 0 Å². The maximum Gasteiger partial charge on any atom is 0.306 e. The number of ether oxygens (including phenoxy) is 4. The van der Waals surface area contributed by atoms with Gasteiger partial charge in [-0.3, -0.25) is 9.59 Å². The highest BCUT2D eigenvalue weighted by Gasteiger charge is 2.21. The largest absolute Gasteiger partial charge is 0.545 e. The average molecular weight is 772 g/mol. The normalized spacial score (nSPS) is 13.7. The van der Waals surface area contributed by atoms with Crippen LogP contribution in [-0.4, -0.2) is 82.3 Å². The second-order valence-electron chi connectivity index (χ2n) is 14.9. The third-order valence-electron chi connectivity index (χ3n) is 8.44. The highest BCUT2D eigenvalue weighted by atomic mass is 16.7. The zero-order valence-corrected chi connectivity index (χ0v) is 35.3. The van der Waals surface area contributed by atoms with E-state index in [2.05, 4.69) is 80.7 Å². The molecule has 9 nitrogen and oxygen atoms in total. The summed E-state index contributed by atoms with van der Waals surface area (Å²) >= 11 is 0. The Kier molecular flexibility index (Phi) is 35.4. The Bertz CT molecular complexity index is 1130. The van der Waals surface area contributed by atoms with Gasteiger partial charge in [0.15, 0.2) is 12.4 Å². The number of aliphatic carboxylic acids is 1. The molecular formula is C46H77NO8. The number of hydrogen-bond donors (Lipinski definition) is 0. The monoisotopic (exact) mass is 772 g/mol. The summed E-state index contributed by atoms with van der Waals surface area (Å²) in [6.45, 7) is 4.50. The quantitative estimate of drug-likeness (QED) is 0.0202. The first-order chi connectivity index (χ1) is 26.6. The van der Waals surface area contributed by atoms with Crippen molar-refractivity contribution in [2.45, 2.75) is 155 Å². The Morgan fingerprint density at radius 2 is 1.05 bits per heavy atom. The number of carboxylic acid groups (broad SMARTS) is 1. The lowest BCUT2D eigenvalue weighted by Gasteiger charge is -2.26. The molecule has 0 radical (unpaired) electrons. The predicted octanol–water partition coefficient (Wildman–Crippen LogP) is 9.44. The molecule has 2 atom stereocenters. The Hall–Kier alpha value is -3.27. The number of nitrogens with zero attached hydrogens (tertiary/aromatic N) is 1. The van der Waals surface area contributed by atoms with Crippen LogP contribution in [0.15, 0.2) is 72.9 Å². The molecule has 0 fully saturated rings. The molecule has 0 heterocycles. The molecule has 0 saturated carbocycles. The van der Waals surface area contributed by atoms with Crippen molar-refractivity contribution < 1.29 is 42.9 Å². The highest BCUT2D eigenvalue weighted by molar-refractivity contribution is 5.70. The number of allylic oxidation sites excluding steroid dienone is 12. The molecule has 55 heavy (non-hydrogen) atoms. The van der Waals surface area contributed by atoms with E-state index in [1.54, 1.807) is 0 Å². The van der Waals surface area contributed by atoms with Gasteiger partial charge in [0.25, 0.3) is 0 Å². The molecule has 0 amide bonds. The minimum absolute atomic E-state index is 0.132. The summed E-state index contributed by atoms with van der Waals surface area (Å²) in [6.07, 6.45) is 42.3. The Balaban J connectivity index is 4.62. The Morgan fingerprint density at radius 1 is 0.564 bits per heavy atom. The van der Waals surface area contributed by atoms with Crippen LogP contribution in [0.2, 0.25) is 0 Å². The van der Waals surface area contributed by atoms with Crippen LogP contribution in [0.25, 0.3) is 0 Å². The molecule has 9 heteroatoms. The van der Waals surface area contributed by atoms with E-state index in [9.17, 15) is 19.5 Å². The van der Waals surface area contributed by atoms with Gasteiger partial charge in [-0.05, 0) is 77.0 Å². The number of esters is 2. The molecule has 0 aromatic carbocycles. The summed E-state index contributed by atoms with van der Waals surface area (Å²) in [5, 5.41) is 11.7. The van der Waals surface area contributed by atoms with Gasteiger partial charge in [0.1, 0.15) is 13.2 Å². The number of likely N-dealkylation sites (N-methyl/N-ethyl adjacent to an activating group) is 1. The van der Waals surface area contributed by atoms with Crippen molar-refractivity contribution >= 4 is 17.9 Å². The first-order valence-electron chi connectivity index (χ1n) is 21.1. The molecule has 0 aromatic rings. The van der Waals surface area contributed by atoms with E-state index < -0.39 is 24.3 Å². The molecule has 0 bridgehead atoms. The summed E-state index contributed by atoms with van der Waals surface area (Å²) in [5.41, 5.74) is 0. The Morgan fingerprint density at radius 3 is 1.62 bits per heavy atom. The maximum atomic E-state index is 12.7. The third-order valence-corrected chi connectivity index (χ3v) is 8.44. The van der Waals surface area contributed by atoms with Crippen LogP contribution in [0.5, 0.6) is 0 Å². The number of quaternary nitrogens is 1. The zero-order valence-electron chi connectivity index (χ0n) is 35.3. The predicted molar refractivity (Wildman–Crippen MR) is 223 cm³/mol. The molecule has 0 rings (SSSR count). The van der Waals surface area contributed by atoms with E-state index in [-0.39, 0.29) is 38.6 Å². The number of hydrogen-bond acceptors (Lipinski definition) is 8. The van der Waals surface area contributed by atoms with Crippen molar-refractivity contribution in [1.82, 2.24) is 0 Å². The van der Waals surface area contributed by atoms with Gasteiger partial charge < -0.3 is 33.3 Å². The highest BCUT2D eigenvalue weighted by Crippen LogP contribution is 2.11. The van der Waals surface area contributed by atoms with Gasteiger partial charge in [0.05, 0.1) is 40.3 Å². The van der Waals surface area contributed by atoms with Gasteiger partial charge in [-0.15, -0.1) is 0 Å². The van der Waals surface area contributed by atoms with Gasteiger partial charge in [0, 0.05) is 12.8 Å². The fourth-order valence-corrected chi connectivity index (χ4v) is 5.15. The first kappa shape index (κ1) is 51.7. The molecule has 0 saturated heterocycles. The standard InChI is InChI=1S/C46H77NO8/c1-6-8-10-12-14-16-18-20-21-22-23-25-27-29-31-33-35-37-44(49)55-42(41-54-46(45(50)51)52-39-38-47(3,4)5)40-53-43(48)36-34-32-30-28-26-24-19-17-15-13-11-9-7-2/h8,10,14,16-17,19-21,23,25,29,31,42,46H,6-7,9,11-13,15,18,22,24,26-28,30,32-41H2,1-5H3/b10-8-,16-14-,19-17-,21-20-,25-23-,31-29-. The topological polar surface area (TPSA) is 111 Å². The summed E-state index contributed by atoms with van der Waals surface area (Å²) in [6, 6.07) is 0. The van der Waals surface area contributed by atoms with Crippen molar-refractivity contribution in [3.63, 3.8) is 0 Å². The van der Waals surface area contributed by atoms with Gasteiger partial charge in [-0.1, -0.05) is 125 Å². The first-order valence-corrected chi connectivity index (χ1v) is 21.1. The van der Waals surface area contributed by atoms with Crippen LogP contribution in [0, 0.1) is 0 Å². The summed E-state index contributed by atoms with van der Waals surface area (Å²) in [5.74, 6) is -2.39. The van der Waals surface area contributed by atoms with Crippen LogP contribution in [0.3, 0.4) is 0 Å². The molecule has 314 valence electrons. The van der Waals surface area contributed by atoms with Crippen molar-refractivity contribution in [1.29, 1.82) is 0 Å². The van der Waals surface area contributed by atoms with Gasteiger partial charge in [-0.2, -0.15) is 0 Å². The fourth-order valence-electron chi connectivity index (χ4n) is 5.15. The Labute approximate surface area is 335 Å². The lowest BCUT2D eigenvalue weighted by atomic mass is 10.1. The lowest BCUT2D eigenvalue weighted by molar-refractivity contribution is -0.870. The van der Waals surface area contributed by atoms with Crippen LogP contribution in [0.1, 0.15) is 142 Å². The second-order valence-corrected chi connectivity index (χ2v) is 14.9. The molecule has 0 spiro atoms. The van der Waals surface area contributed by atoms with Crippen molar-refractivity contribution in [3.8, 4) is 0 Å². The third kappa shape index (κ3) is 38.8. The summed E-state index contributed by atoms with van der Waals surface area (Å²) < 4.78 is 22.4. The molecule has 0 N–H and O–H groups in total. The maximum absolute atomic E-state index is 12.7.